The van der Waals surface area contributed by atoms with E-state index in [-0.39, 0.29) is 18.9 Å². The number of hydrogen-bond acceptors (Lipinski definition) is 3. The Morgan fingerprint density at radius 2 is 1.76 bits per heavy atom. The first-order chi connectivity index (χ1) is 13.9. The fourth-order valence-electron chi connectivity index (χ4n) is 3.32. The van der Waals surface area contributed by atoms with E-state index >= 15 is 0 Å². The monoisotopic (exact) mass is 391 g/mol. The van der Waals surface area contributed by atoms with Crippen LogP contribution in [0.3, 0.4) is 0 Å². The van der Waals surface area contributed by atoms with E-state index in [4.69, 9.17) is 0 Å². The fourth-order valence-corrected chi connectivity index (χ4v) is 3.32. The first-order valence-corrected chi connectivity index (χ1v) is 9.65. The Kier molecular flexibility index (Phi) is 6.12. The van der Waals surface area contributed by atoms with E-state index in [1.807, 2.05) is 43.3 Å². The van der Waals surface area contributed by atoms with Crippen molar-refractivity contribution < 1.29 is 14.4 Å². The van der Waals surface area contributed by atoms with Gasteiger partial charge in [0.1, 0.15) is 6.04 Å². The Morgan fingerprint density at radius 3 is 2.34 bits per heavy atom. The third-order valence-corrected chi connectivity index (χ3v) is 4.96. The van der Waals surface area contributed by atoms with Crippen LogP contribution in [0.2, 0.25) is 0 Å². The second kappa shape index (κ2) is 8.73. The molecule has 3 rings (SSSR count). The number of benzene rings is 2. The van der Waals surface area contributed by atoms with Crippen molar-refractivity contribution in [2.45, 2.75) is 32.7 Å². The summed E-state index contributed by atoms with van der Waals surface area (Å²) >= 11 is 0. The summed E-state index contributed by atoms with van der Waals surface area (Å²) in [6.07, 6.45) is 2.35. The number of anilines is 2. The number of nitrogens with one attached hydrogen (secondary N) is 1. The maximum Gasteiger partial charge on any atom is 0.332 e. The lowest BCUT2D eigenvalue weighted by molar-refractivity contribution is -0.124. The van der Waals surface area contributed by atoms with Gasteiger partial charge in [0.2, 0.25) is 5.91 Å². The molecule has 1 aliphatic rings. The van der Waals surface area contributed by atoms with Crippen LogP contribution in [-0.2, 0) is 16.0 Å². The fraction of sp³-hybridized carbons (Fsp3) is 0.261. The number of rotatable bonds is 7. The number of carbonyl (C=O) groups excluding carboxylic acids is 3. The second-order valence-corrected chi connectivity index (χ2v) is 7.05. The van der Waals surface area contributed by atoms with Crippen LogP contribution in [0.15, 0.2) is 61.2 Å². The van der Waals surface area contributed by atoms with E-state index in [0.717, 1.165) is 16.9 Å². The lowest BCUT2D eigenvalue weighted by Gasteiger charge is -2.19. The van der Waals surface area contributed by atoms with Crippen LogP contribution in [0.5, 0.6) is 0 Å². The molecule has 150 valence electrons. The highest BCUT2D eigenvalue weighted by molar-refractivity contribution is 6.22. The topological polar surface area (TPSA) is 69.7 Å². The van der Waals surface area contributed by atoms with Gasteiger partial charge in [0.25, 0.3) is 5.91 Å². The van der Waals surface area contributed by atoms with Crippen molar-refractivity contribution >= 4 is 29.2 Å². The summed E-state index contributed by atoms with van der Waals surface area (Å²) in [6, 6.07) is 13.4. The van der Waals surface area contributed by atoms with E-state index < -0.39 is 18.0 Å². The number of urea groups is 1. The Morgan fingerprint density at radius 1 is 1.10 bits per heavy atom. The van der Waals surface area contributed by atoms with E-state index in [1.54, 1.807) is 18.2 Å². The minimum atomic E-state index is -0.864. The zero-order valence-corrected chi connectivity index (χ0v) is 16.7. The molecular formula is C23H25N3O3. The van der Waals surface area contributed by atoms with Gasteiger partial charge in [-0.3, -0.25) is 9.59 Å². The normalized spacial score (nSPS) is 16.3. The number of nitrogens with zero attached hydrogens (tertiary/aromatic N) is 2. The zero-order valence-electron chi connectivity index (χ0n) is 16.7. The number of amides is 4. The van der Waals surface area contributed by atoms with Crippen LogP contribution in [0.4, 0.5) is 16.2 Å². The molecule has 6 heteroatoms. The lowest BCUT2D eigenvalue weighted by Crippen LogP contribution is -2.38. The van der Waals surface area contributed by atoms with Crippen molar-refractivity contribution in [2.24, 2.45) is 0 Å². The van der Waals surface area contributed by atoms with Gasteiger partial charge < -0.3 is 10.2 Å². The van der Waals surface area contributed by atoms with Gasteiger partial charge in [-0.2, -0.15) is 0 Å². The molecule has 1 aliphatic heterocycles. The summed E-state index contributed by atoms with van der Waals surface area (Å²) in [7, 11) is 0. The smallest absolute Gasteiger partial charge is 0.326 e. The van der Waals surface area contributed by atoms with Gasteiger partial charge >= 0.3 is 6.03 Å². The van der Waals surface area contributed by atoms with E-state index in [9.17, 15) is 14.4 Å². The number of imide groups is 1. The Bertz CT molecular complexity index is 919. The third kappa shape index (κ3) is 4.37. The molecule has 1 N–H and O–H groups in total. The van der Waals surface area contributed by atoms with Crippen LogP contribution in [0.1, 0.15) is 24.5 Å². The highest BCUT2D eigenvalue weighted by atomic mass is 16.2. The van der Waals surface area contributed by atoms with Gasteiger partial charge in [0, 0.05) is 12.2 Å². The summed E-state index contributed by atoms with van der Waals surface area (Å²) in [4.78, 5) is 41.0. The molecule has 4 amide bonds. The molecule has 0 radical (unpaired) electrons. The van der Waals surface area contributed by atoms with Gasteiger partial charge in [-0.1, -0.05) is 42.8 Å². The van der Waals surface area contributed by atoms with Gasteiger partial charge in [0.15, 0.2) is 0 Å². The van der Waals surface area contributed by atoms with Crippen LogP contribution in [0.25, 0.3) is 0 Å². The van der Waals surface area contributed by atoms with Crippen LogP contribution in [0, 0.1) is 6.92 Å². The van der Waals surface area contributed by atoms with Crippen molar-refractivity contribution in [2.75, 3.05) is 16.8 Å². The Hall–Kier alpha value is -3.41. The van der Waals surface area contributed by atoms with Crippen molar-refractivity contribution in [3.8, 4) is 0 Å². The summed E-state index contributed by atoms with van der Waals surface area (Å²) in [5, 5.41) is 2.81. The number of aryl methyl sites for hydroxylation is 2. The van der Waals surface area contributed by atoms with Gasteiger partial charge in [-0.05, 0) is 43.2 Å². The number of carbonyl (C=O) groups is 3. The minimum absolute atomic E-state index is 0.115. The molecular weight excluding hydrogens is 366 g/mol. The minimum Gasteiger partial charge on any atom is -0.326 e. The SMILES string of the molecule is C=CCN1C(=O)N(c2ccc(C)cc2)C(=O)C1CC(=O)Nc1ccc(CC)cc1. The second-order valence-electron chi connectivity index (χ2n) is 7.05. The van der Waals surface area contributed by atoms with Gasteiger partial charge in [-0.25, -0.2) is 9.69 Å². The average molecular weight is 391 g/mol. The van der Waals surface area contributed by atoms with Crippen LogP contribution < -0.4 is 10.2 Å². The molecule has 2 aromatic carbocycles. The van der Waals surface area contributed by atoms with Crippen molar-refractivity contribution in [3.63, 3.8) is 0 Å². The quantitative estimate of drug-likeness (QED) is 0.575. The molecule has 6 nitrogen and oxygen atoms in total. The molecule has 0 spiro atoms. The van der Waals surface area contributed by atoms with Crippen LogP contribution in [-0.4, -0.2) is 35.3 Å². The molecule has 1 saturated heterocycles. The molecule has 1 atom stereocenters. The molecule has 1 heterocycles. The molecule has 2 aromatic rings. The standard InChI is InChI=1S/C23H25N3O3/c1-4-14-25-20(15-21(27)24-18-10-8-17(5-2)9-11-18)22(28)26(23(25)29)19-12-6-16(3)7-13-19/h4,6-13,20H,1,5,14-15H2,2-3H3,(H,24,27). The zero-order chi connectivity index (χ0) is 21.0. The first-order valence-electron chi connectivity index (χ1n) is 9.65. The van der Waals surface area contributed by atoms with E-state index in [2.05, 4.69) is 18.8 Å². The molecule has 0 aromatic heterocycles. The Labute approximate surface area is 170 Å². The molecule has 1 fully saturated rings. The number of hydrogen-bond donors (Lipinski definition) is 1. The first kappa shape index (κ1) is 20.3. The lowest BCUT2D eigenvalue weighted by atomic mass is 10.1. The summed E-state index contributed by atoms with van der Waals surface area (Å²) < 4.78 is 0. The van der Waals surface area contributed by atoms with Crippen LogP contribution >= 0.6 is 0 Å². The molecule has 1 unspecified atom stereocenters. The van der Waals surface area contributed by atoms with E-state index in [0.29, 0.717) is 11.4 Å². The van der Waals surface area contributed by atoms with Crippen molar-refractivity contribution in [3.05, 3.63) is 72.3 Å². The predicted octanol–water partition coefficient (Wildman–Crippen LogP) is 3.91. The van der Waals surface area contributed by atoms with Gasteiger partial charge in [0.05, 0.1) is 12.1 Å². The maximum absolute atomic E-state index is 13.0. The summed E-state index contributed by atoms with van der Waals surface area (Å²) in [6.45, 7) is 7.85. The molecule has 0 aliphatic carbocycles. The predicted molar refractivity (Wildman–Crippen MR) is 114 cm³/mol. The Balaban J connectivity index is 1.77. The van der Waals surface area contributed by atoms with Crippen molar-refractivity contribution in [1.82, 2.24) is 4.90 Å². The molecule has 29 heavy (non-hydrogen) atoms. The summed E-state index contributed by atoms with van der Waals surface area (Å²) in [5.41, 5.74) is 3.36. The highest BCUT2D eigenvalue weighted by Crippen LogP contribution is 2.27. The highest BCUT2D eigenvalue weighted by Gasteiger charge is 2.46. The average Bonchev–Trinajstić information content (AvgIpc) is 2.94. The van der Waals surface area contributed by atoms with E-state index in [1.165, 1.54) is 10.5 Å². The largest absolute Gasteiger partial charge is 0.332 e. The maximum atomic E-state index is 13.0. The summed E-state index contributed by atoms with van der Waals surface area (Å²) in [5.74, 6) is -0.725. The molecule has 0 bridgehead atoms. The van der Waals surface area contributed by atoms with Gasteiger partial charge in [-0.15, -0.1) is 6.58 Å². The molecule has 0 saturated carbocycles. The van der Waals surface area contributed by atoms with Crippen molar-refractivity contribution in [1.29, 1.82) is 0 Å². The third-order valence-electron chi connectivity index (χ3n) is 4.96.